The van der Waals surface area contributed by atoms with E-state index in [4.69, 9.17) is 4.74 Å². The lowest BCUT2D eigenvalue weighted by atomic mass is 9.79. The van der Waals surface area contributed by atoms with Gasteiger partial charge in [0.2, 0.25) is 0 Å². The molecule has 1 aromatic heterocycles. The van der Waals surface area contributed by atoms with Gasteiger partial charge in [0.15, 0.2) is 0 Å². The van der Waals surface area contributed by atoms with Gasteiger partial charge >= 0.3 is 0 Å². The molecule has 0 bridgehead atoms. The van der Waals surface area contributed by atoms with Crippen LogP contribution in [0, 0.1) is 0 Å². The normalized spacial score (nSPS) is 11.8. The molecule has 0 aliphatic carbocycles. The minimum atomic E-state index is 0.147. The third kappa shape index (κ3) is 2.07. The Labute approximate surface area is 109 Å². The first-order valence-electron chi connectivity index (χ1n) is 6.58. The maximum Gasteiger partial charge on any atom is 0.119 e. The number of pyridine rings is 1. The van der Waals surface area contributed by atoms with Crippen LogP contribution >= 0.6 is 0 Å². The first-order chi connectivity index (χ1) is 8.64. The van der Waals surface area contributed by atoms with Crippen molar-refractivity contribution < 1.29 is 4.74 Å². The lowest BCUT2D eigenvalue weighted by Gasteiger charge is -2.27. The summed E-state index contributed by atoms with van der Waals surface area (Å²) in [6.45, 7) is 6.75. The Hall–Kier alpha value is -1.57. The Kier molecular flexibility index (Phi) is 3.55. The van der Waals surface area contributed by atoms with Crippen molar-refractivity contribution in [3.63, 3.8) is 0 Å². The van der Waals surface area contributed by atoms with Gasteiger partial charge < -0.3 is 4.74 Å². The molecule has 2 rings (SSSR count). The highest BCUT2D eigenvalue weighted by Gasteiger charge is 2.25. The zero-order chi connectivity index (χ0) is 13.2. The monoisotopic (exact) mass is 243 g/mol. The molecule has 0 fully saturated rings. The van der Waals surface area contributed by atoms with E-state index < -0.39 is 0 Å². The molecule has 0 atom stereocenters. The summed E-state index contributed by atoms with van der Waals surface area (Å²) in [6, 6.07) is 8.26. The second-order valence-corrected chi connectivity index (χ2v) is 5.01. The van der Waals surface area contributed by atoms with Gasteiger partial charge in [0.25, 0.3) is 0 Å². The fourth-order valence-corrected chi connectivity index (χ4v) is 2.35. The second-order valence-electron chi connectivity index (χ2n) is 5.01. The van der Waals surface area contributed by atoms with Crippen LogP contribution in [0.3, 0.4) is 0 Å². The van der Waals surface area contributed by atoms with Crippen LogP contribution in [0.15, 0.2) is 30.5 Å². The highest BCUT2D eigenvalue weighted by atomic mass is 16.5. The lowest BCUT2D eigenvalue weighted by Crippen LogP contribution is -2.21. The Morgan fingerprint density at radius 2 is 1.89 bits per heavy atom. The molecular formula is C16H21NO. The van der Waals surface area contributed by atoms with Crippen LogP contribution in [0.2, 0.25) is 0 Å². The molecule has 0 aliphatic heterocycles. The van der Waals surface area contributed by atoms with Gasteiger partial charge in [0.05, 0.1) is 12.8 Å². The smallest absolute Gasteiger partial charge is 0.119 e. The predicted octanol–water partition coefficient (Wildman–Crippen LogP) is 4.32. The summed E-state index contributed by atoms with van der Waals surface area (Å²) in [5.41, 5.74) is 1.35. The fourth-order valence-electron chi connectivity index (χ4n) is 2.35. The molecule has 2 heteroatoms. The summed E-state index contributed by atoms with van der Waals surface area (Å²) in [6.07, 6.45) is 4.10. The van der Waals surface area contributed by atoms with E-state index in [0.29, 0.717) is 0 Å². The number of ether oxygens (including phenoxy) is 1. The summed E-state index contributed by atoms with van der Waals surface area (Å²) in [4.78, 5) is 4.64. The number of hydrogen-bond acceptors (Lipinski definition) is 2. The van der Waals surface area contributed by atoms with Crippen LogP contribution in [0.4, 0.5) is 0 Å². The summed E-state index contributed by atoms with van der Waals surface area (Å²) in [7, 11) is 1.70. The summed E-state index contributed by atoms with van der Waals surface area (Å²) >= 11 is 0. The van der Waals surface area contributed by atoms with Crippen LogP contribution in [0.1, 0.15) is 39.3 Å². The number of fused-ring (bicyclic) bond motifs is 1. The van der Waals surface area contributed by atoms with Crippen molar-refractivity contribution >= 4 is 10.8 Å². The van der Waals surface area contributed by atoms with E-state index in [1.165, 1.54) is 16.5 Å². The molecule has 18 heavy (non-hydrogen) atoms. The zero-order valence-electron chi connectivity index (χ0n) is 11.7. The summed E-state index contributed by atoms with van der Waals surface area (Å²) < 4.78 is 5.28. The van der Waals surface area contributed by atoms with Crippen LogP contribution in [0.25, 0.3) is 10.8 Å². The highest BCUT2D eigenvalue weighted by Crippen LogP contribution is 2.35. The van der Waals surface area contributed by atoms with Crippen LogP contribution < -0.4 is 4.74 Å². The number of benzene rings is 1. The molecule has 1 aromatic carbocycles. The van der Waals surface area contributed by atoms with Gasteiger partial charge in [-0.1, -0.05) is 20.8 Å². The van der Waals surface area contributed by atoms with Gasteiger partial charge in [-0.15, -0.1) is 0 Å². The Balaban J connectivity index is 2.65. The van der Waals surface area contributed by atoms with E-state index in [2.05, 4.69) is 37.9 Å². The molecule has 0 unspecified atom stereocenters. The van der Waals surface area contributed by atoms with Gasteiger partial charge in [-0.2, -0.15) is 0 Å². The zero-order valence-corrected chi connectivity index (χ0v) is 11.7. The highest BCUT2D eigenvalue weighted by molar-refractivity contribution is 5.86. The minimum absolute atomic E-state index is 0.147. The SMILES string of the molecule is CCC(C)(CC)c1nccc2cc(OC)ccc12. The summed E-state index contributed by atoms with van der Waals surface area (Å²) in [5, 5.41) is 2.44. The molecule has 0 N–H and O–H groups in total. The fraction of sp³-hybridized carbons (Fsp3) is 0.438. The maximum atomic E-state index is 5.28. The number of nitrogens with zero attached hydrogens (tertiary/aromatic N) is 1. The largest absolute Gasteiger partial charge is 0.497 e. The van der Waals surface area contributed by atoms with Crippen molar-refractivity contribution in [2.75, 3.05) is 7.11 Å². The van der Waals surface area contributed by atoms with Crippen LogP contribution in [-0.4, -0.2) is 12.1 Å². The Morgan fingerprint density at radius 3 is 2.50 bits per heavy atom. The molecule has 0 aliphatic rings. The molecule has 1 heterocycles. The van der Waals surface area contributed by atoms with E-state index in [0.717, 1.165) is 18.6 Å². The van der Waals surface area contributed by atoms with Crippen molar-refractivity contribution in [3.8, 4) is 5.75 Å². The van der Waals surface area contributed by atoms with Crippen molar-refractivity contribution in [1.82, 2.24) is 4.98 Å². The molecule has 96 valence electrons. The van der Waals surface area contributed by atoms with Crippen molar-refractivity contribution in [3.05, 3.63) is 36.2 Å². The standard InChI is InChI=1S/C16H21NO/c1-5-16(3,6-2)15-14-8-7-13(18-4)11-12(14)9-10-17-15/h7-11H,5-6H2,1-4H3. The van der Waals surface area contributed by atoms with Crippen LogP contribution in [-0.2, 0) is 5.41 Å². The van der Waals surface area contributed by atoms with Gasteiger partial charge in [0, 0.05) is 17.0 Å². The average Bonchev–Trinajstić information content (AvgIpc) is 2.45. The first-order valence-corrected chi connectivity index (χ1v) is 6.58. The van der Waals surface area contributed by atoms with Crippen molar-refractivity contribution in [2.24, 2.45) is 0 Å². The Bertz CT molecular complexity index is 544. The number of aromatic nitrogens is 1. The molecule has 0 spiro atoms. The predicted molar refractivity (Wildman–Crippen MR) is 76.2 cm³/mol. The third-order valence-corrected chi connectivity index (χ3v) is 4.10. The molecule has 0 amide bonds. The third-order valence-electron chi connectivity index (χ3n) is 4.10. The molecule has 0 radical (unpaired) electrons. The Morgan fingerprint density at radius 1 is 1.17 bits per heavy atom. The number of rotatable bonds is 4. The summed E-state index contributed by atoms with van der Waals surface area (Å²) in [5.74, 6) is 0.898. The molecular weight excluding hydrogens is 222 g/mol. The van der Waals surface area contributed by atoms with E-state index in [1.807, 2.05) is 18.3 Å². The molecule has 2 aromatic rings. The van der Waals surface area contributed by atoms with Gasteiger partial charge in [0.1, 0.15) is 5.75 Å². The topological polar surface area (TPSA) is 22.1 Å². The lowest BCUT2D eigenvalue weighted by molar-refractivity contribution is 0.415. The molecule has 0 saturated carbocycles. The van der Waals surface area contributed by atoms with Crippen molar-refractivity contribution in [2.45, 2.75) is 39.0 Å². The van der Waals surface area contributed by atoms with Gasteiger partial charge in [-0.3, -0.25) is 4.98 Å². The van der Waals surface area contributed by atoms with Gasteiger partial charge in [-0.25, -0.2) is 0 Å². The average molecular weight is 243 g/mol. The minimum Gasteiger partial charge on any atom is -0.497 e. The van der Waals surface area contributed by atoms with Crippen LogP contribution in [0.5, 0.6) is 5.75 Å². The number of hydrogen-bond donors (Lipinski definition) is 0. The second kappa shape index (κ2) is 4.97. The van der Waals surface area contributed by atoms with Crippen molar-refractivity contribution in [1.29, 1.82) is 0 Å². The maximum absolute atomic E-state index is 5.28. The van der Waals surface area contributed by atoms with Gasteiger partial charge in [-0.05, 0) is 42.5 Å². The van der Waals surface area contributed by atoms with E-state index in [-0.39, 0.29) is 5.41 Å². The quantitative estimate of drug-likeness (QED) is 0.797. The number of methoxy groups -OCH3 is 1. The van der Waals surface area contributed by atoms with E-state index in [9.17, 15) is 0 Å². The first kappa shape index (κ1) is 12.9. The molecule has 2 nitrogen and oxygen atoms in total. The molecule has 0 saturated heterocycles. The van der Waals surface area contributed by atoms with E-state index >= 15 is 0 Å². The van der Waals surface area contributed by atoms with E-state index in [1.54, 1.807) is 7.11 Å².